The first kappa shape index (κ1) is 11.9. The topological polar surface area (TPSA) is 38.7 Å². The molecule has 0 unspecified atom stereocenters. The SMILES string of the molecule is Sc1cccnc1-c1ncccc1-c1ccccn1. The number of aromatic nitrogens is 3. The number of nitrogens with zero attached hydrogens (tertiary/aromatic N) is 3. The molecule has 3 aromatic rings. The molecule has 0 aromatic carbocycles. The lowest BCUT2D eigenvalue weighted by molar-refractivity contribution is 1.19. The van der Waals surface area contributed by atoms with Crippen LogP contribution in [0.3, 0.4) is 0 Å². The highest BCUT2D eigenvalue weighted by Gasteiger charge is 2.12. The maximum absolute atomic E-state index is 4.45. The van der Waals surface area contributed by atoms with Gasteiger partial charge in [-0.2, -0.15) is 0 Å². The van der Waals surface area contributed by atoms with Crippen LogP contribution < -0.4 is 0 Å². The Hall–Kier alpha value is -2.20. The largest absolute Gasteiger partial charge is 0.256 e. The molecule has 0 bridgehead atoms. The molecule has 0 N–H and O–H groups in total. The molecule has 0 aliphatic rings. The third-order valence-corrected chi connectivity index (χ3v) is 3.12. The first-order valence-corrected chi connectivity index (χ1v) is 6.32. The first-order chi connectivity index (χ1) is 9.36. The zero-order valence-electron chi connectivity index (χ0n) is 10.1. The summed E-state index contributed by atoms with van der Waals surface area (Å²) in [5.74, 6) is 0. The van der Waals surface area contributed by atoms with E-state index >= 15 is 0 Å². The van der Waals surface area contributed by atoms with E-state index in [4.69, 9.17) is 0 Å². The molecule has 92 valence electrons. The second kappa shape index (κ2) is 5.20. The van der Waals surface area contributed by atoms with Crippen molar-refractivity contribution < 1.29 is 0 Å². The fraction of sp³-hybridized carbons (Fsp3) is 0. The highest BCUT2D eigenvalue weighted by atomic mass is 32.1. The van der Waals surface area contributed by atoms with E-state index in [0.717, 1.165) is 27.5 Å². The molecule has 0 saturated carbocycles. The van der Waals surface area contributed by atoms with E-state index in [9.17, 15) is 0 Å². The Kier molecular flexibility index (Phi) is 3.25. The molecule has 4 heteroatoms. The quantitative estimate of drug-likeness (QED) is 0.721. The second-order valence-electron chi connectivity index (χ2n) is 3.99. The smallest absolute Gasteiger partial charge is 0.103 e. The van der Waals surface area contributed by atoms with Gasteiger partial charge in [0.1, 0.15) is 5.69 Å². The monoisotopic (exact) mass is 265 g/mol. The zero-order chi connectivity index (χ0) is 13.1. The highest BCUT2D eigenvalue weighted by molar-refractivity contribution is 7.80. The summed E-state index contributed by atoms with van der Waals surface area (Å²) in [4.78, 5) is 14.0. The predicted molar refractivity (Wildman–Crippen MR) is 78.0 cm³/mol. The van der Waals surface area contributed by atoms with Crippen LogP contribution in [-0.2, 0) is 0 Å². The molecule has 0 amide bonds. The van der Waals surface area contributed by atoms with Crippen LogP contribution >= 0.6 is 12.6 Å². The molecular formula is C15H11N3S. The van der Waals surface area contributed by atoms with Gasteiger partial charge in [0.05, 0.1) is 11.4 Å². The van der Waals surface area contributed by atoms with Gasteiger partial charge in [0.25, 0.3) is 0 Å². The molecule has 19 heavy (non-hydrogen) atoms. The molecule has 0 atom stereocenters. The average Bonchev–Trinajstić information content (AvgIpc) is 2.49. The maximum Gasteiger partial charge on any atom is 0.103 e. The lowest BCUT2D eigenvalue weighted by Crippen LogP contribution is -1.93. The second-order valence-corrected chi connectivity index (χ2v) is 4.47. The van der Waals surface area contributed by atoms with Crippen LogP contribution in [0.15, 0.2) is 66.0 Å². The summed E-state index contributed by atoms with van der Waals surface area (Å²) in [5, 5.41) is 0. The predicted octanol–water partition coefficient (Wildman–Crippen LogP) is 3.49. The van der Waals surface area contributed by atoms with Crippen LogP contribution in [0, 0.1) is 0 Å². The van der Waals surface area contributed by atoms with Crippen molar-refractivity contribution in [3.63, 3.8) is 0 Å². The number of hydrogen-bond acceptors (Lipinski definition) is 4. The molecule has 3 rings (SSSR count). The van der Waals surface area contributed by atoms with Crippen LogP contribution in [0.5, 0.6) is 0 Å². The van der Waals surface area contributed by atoms with Crippen molar-refractivity contribution in [2.75, 3.05) is 0 Å². The molecule has 3 heterocycles. The molecular weight excluding hydrogens is 254 g/mol. The van der Waals surface area contributed by atoms with Crippen molar-refractivity contribution in [1.82, 2.24) is 15.0 Å². The van der Waals surface area contributed by atoms with Gasteiger partial charge in [0.2, 0.25) is 0 Å². The standard InChI is InChI=1S/C15H11N3S/c19-13-7-4-10-18-15(13)14-11(5-3-9-17-14)12-6-1-2-8-16-12/h1-10,19H. The Morgan fingerprint density at radius 1 is 0.684 bits per heavy atom. The molecule has 0 spiro atoms. The molecule has 0 aliphatic heterocycles. The van der Waals surface area contributed by atoms with Crippen LogP contribution in [0.1, 0.15) is 0 Å². The van der Waals surface area contributed by atoms with Gasteiger partial charge in [0, 0.05) is 29.0 Å². The van der Waals surface area contributed by atoms with Gasteiger partial charge in [-0.3, -0.25) is 15.0 Å². The normalized spacial score (nSPS) is 10.4. The fourth-order valence-corrected chi connectivity index (χ4v) is 2.15. The fourth-order valence-electron chi connectivity index (χ4n) is 1.90. The number of rotatable bonds is 2. The van der Waals surface area contributed by atoms with E-state index < -0.39 is 0 Å². The van der Waals surface area contributed by atoms with Gasteiger partial charge in [-0.15, -0.1) is 12.6 Å². The summed E-state index contributed by atoms with van der Waals surface area (Å²) >= 11 is 4.45. The zero-order valence-corrected chi connectivity index (χ0v) is 11.0. The van der Waals surface area contributed by atoms with Crippen molar-refractivity contribution in [2.45, 2.75) is 4.90 Å². The van der Waals surface area contributed by atoms with Gasteiger partial charge in [-0.25, -0.2) is 0 Å². The Morgan fingerprint density at radius 2 is 1.42 bits per heavy atom. The van der Waals surface area contributed by atoms with Crippen LogP contribution in [0.25, 0.3) is 22.6 Å². The maximum atomic E-state index is 4.45. The third kappa shape index (κ3) is 2.35. The molecule has 0 radical (unpaired) electrons. The van der Waals surface area contributed by atoms with Crippen LogP contribution in [0.4, 0.5) is 0 Å². The number of pyridine rings is 3. The van der Waals surface area contributed by atoms with Crippen molar-refractivity contribution in [3.05, 3.63) is 61.1 Å². The van der Waals surface area contributed by atoms with Gasteiger partial charge >= 0.3 is 0 Å². The van der Waals surface area contributed by atoms with E-state index in [1.165, 1.54) is 0 Å². The van der Waals surface area contributed by atoms with Crippen molar-refractivity contribution >= 4 is 12.6 Å². The minimum Gasteiger partial charge on any atom is -0.256 e. The summed E-state index contributed by atoms with van der Waals surface area (Å²) in [5.41, 5.74) is 3.40. The first-order valence-electron chi connectivity index (χ1n) is 5.87. The average molecular weight is 265 g/mol. The van der Waals surface area contributed by atoms with E-state index in [1.807, 2.05) is 42.5 Å². The minimum absolute atomic E-state index is 0.770. The number of thiol groups is 1. The van der Waals surface area contributed by atoms with Crippen molar-refractivity contribution in [1.29, 1.82) is 0 Å². The summed E-state index contributed by atoms with van der Waals surface area (Å²) in [6, 6.07) is 13.5. The van der Waals surface area contributed by atoms with E-state index in [-0.39, 0.29) is 0 Å². The van der Waals surface area contributed by atoms with E-state index in [2.05, 4.69) is 27.6 Å². The molecule has 3 aromatic heterocycles. The summed E-state index contributed by atoms with van der Waals surface area (Å²) in [6.07, 6.45) is 5.27. The number of hydrogen-bond donors (Lipinski definition) is 1. The molecule has 3 nitrogen and oxygen atoms in total. The lowest BCUT2D eigenvalue weighted by atomic mass is 10.1. The summed E-state index contributed by atoms with van der Waals surface area (Å²) in [6.45, 7) is 0. The van der Waals surface area contributed by atoms with Crippen LogP contribution in [0.2, 0.25) is 0 Å². The van der Waals surface area contributed by atoms with Gasteiger partial charge in [0.15, 0.2) is 0 Å². The molecule has 0 aliphatic carbocycles. The highest BCUT2D eigenvalue weighted by Crippen LogP contribution is 2.30. The van der Waals surface area contributed by atoms with Gasteiger partial charge in [-0.1, -0.05) is 6.07 Å². The molecule has 0 fully saturated rings. The summed E-state index contributed by atoms with van der Waals surface area (Å²) in [7, 11) is 0. The van der Waals surface area contributed by atoms with Crippen LogP contribution in [-0.4, -0.2) is 15.0 Å². The Labute approximate surface area is 116 Å². The summed E-state index contributed by atoms with van der Waals surface area (Å²) < 4.78 is 0. The Bertz CT molecular complexity index is 699. The van der Waals surface area contributed by atoms with Gasteiger partial charge in [-0.05, 0) is 36.4 Å². The van der Waals surface area contributed by atoms with Gasteiger partial charge < -0.3 is 0 Å². The Morgan fingerprint density at radius 3 is 2.16 bits per heavy atom. The Balaban J connectivity index is 2.21. The van der Waals surface area contributed by atoms with E-state index in [0.29, 0.717) is 0 Å². The molecule has 0 saturated heterocycles. The van der Waals surface area contributed by atoms with Crippen molar-refractivity contribution in [3.8, 4) is 22.6 Å². The lowest BCUT2D eigenvalue weighted by Gasteiger charge is -2.08. The minimum atomic E-state index is 0.770. The van der Waals surface area contributed by atoms with Crippen molar-refractivity contribution in [2.24, 2.45) is 0 Å². The third-order valence-electron chi connectivity index (χ3n) is 2.76. The van der Waals surface area contributed by atoms with E-state index in [1.54, 1.807) is 18.6 Å².